The maximum atomic E-state index is 12.3. The lowest BCUT2D eigenvalue weighted by Crippen LogP contribution is -2.11. The van der Waals surface area contributed by atoms with Gasteiger partial charge in [-0.05, 0) is 35.7 Å². The first-order chi connectivity index (χ1) is 13.7. The number of fused-ring (bicyclic) bond motifs is 1. The van der Waals surface area contributed by atoms with Crippen molar-refractivity contribution in [3.63, 3.8) is 0 Å². The van der Waals surface area contributed by atoms with Crippen LogP contribution in [0.5, 0.6) is 11.5 Å². The molecule has 1 heterocycles. The molecular weight excluding hydrogens is 374 g/mol. The minimum absolute atomic E-state index is 0.250. The highest BCUT2D eigenvalue weighted by Crippen LogP contribution is 2.26. The molecule has 0 atom stereocenters. The number of nitrogens with zero attached hydrogens (tertiary/aromatic N) is 2. The van der Waals surface area contributed by atoms with E-state index in [9.17, 15) is 4.79 Å². The molecule has 0 aliphatic carbocycles. The summed E-state index contributed by atoms with van der Waals surface area (Å²) < 4.78 is 11.0. The van der Waals surface area contributed by atoms with E-state index in [0.717, 1.165) is 16.5 Å². The van der Waals surface area contributed by atoms with E-state index in [1.165, 1.54) is 11.3 Å². The molecule has 0 radical (unpaired) electrons. The Morgan fingerprint density at radius 1 is 1.00 bits per heavy atom. The van der Waals surface area contributed by atoms with Crippen LogP contribution < -0.4 is 14.8 Å². The van der Waals surface area contributed by atoms with Gasteiger partial charge in [-0.2, -0.15) is 0 Å². The van der Waals surface area contributed by atoms with Crippen LogP contribution in [-0.4, -0.2) is 23.2 Å². The molecule has 0 bridgehead atoms. The van der Waals surface area contributed by atoms with Gasteiger partial charge in [0.05, 0.1) is 7.11 Å². The third-order valence-corrected chi connectivity index (χ3v) is 4.95. The number of amides is 1. The average Bonchev–Trinajstić information content (AvgIpc) is 3.19. The van der Waals surface area contributed by atoms with Crippen molar-refractivity contribution in [3.8, 4) is 11.5 Å². The molecule has 0 unspecified atom stereocenters. The van der Waals surface area contributed by atoms with Crippen LogP contribution in [0.4, 0.5) is 5.13 Å². The van der Waals surface area contributed by atoms with Crippen LogP contribution in [0.2, 0.25) is 0 Å². The minimum Gasteiger partial charge on any atom is -0.497 e. The van der Waals surface area contributed by atoms with Crippen molar-refractivity contribution in [2.24, 2.45) is 0 Å². The SMILES string of the molecule is COc1ccc(C(=O)Nc2nnc(COc3cccc4ccccc34)s2)cc1. The molecule has 28 heavy (non-hydrogen) atoms. The molecule has 1 N–H and O–H groups in total. The second kappa shape index (κ2) is 8.06. The first-order valence-electron chi connectivity index (χ1n) is 8.61. The first-order valence-corrected chi connectivity index (χ1v) is 9.43. The zero-order valence-corrected chi connectivity index (χ0v) is 15.9. The topological polar surface area (TPSA) is 73.3 Å². The summed E-state index contributed by atoms with van der Waals surface area (Å²) in [4.78, 5) is 12.3. The van der Waals surface area contributed by atoms with Gasteiger partial charge < -0.3 is 9.47 Å². The van der Waals surface area contributed by atoms with Crippen LogP contribution in [0.3, 0.4) is 0 Å². The Balaban J connectivity index is 1.40. The van der Waals surface area contributed by atoms with Gasteiger partial charge in [0.1, 0.15) is 18.1 Å². The van der Waals surface area contributed by atoms with Gasteiger partial charge in [0.25, 0.3) is 5.91 Å². The summed E-state index contributed by atoms with van der Waals surface area (Å²) in [6.07, 6.45) is 0. The Hall–Kier alpha value is -3.45. The lowest BCUT2D eigenvalue weighted by atomic mass is 10.1. The summed E-state index contributed by atoms with van der Waals surface area (Å²) in [5.41, 5.74) is 0.518. The molecule has 0 saturated carbocycles. The number of ether oxygens (including phenoxy) is 2. The molecule has 3 aromatic carbocycles. The van der Waals surface area contributed by atoms with Crippen molar-refractivity contribution in [1.29, 1.82) is 0 Å². The number of carbonyl (C=O) groups excluding carboxylic acids is 1. The van der Waals surface area contributed by atoms with E-state index in [2.05, 4.69) is 15.5 Å². The summed E-state index contributed by atoms with van der Waals surface area (Å²) in [7, 11) is 1.58. The number of nitrogens with one attached hydrogen (secondary N) is 1. The average molecular weight is 391 g/mol. The smallest absolute Gasteiger partial charge is 0.257 e. The van der Waals surface area contributed by atoms with Crippen molar-refractivity contribution in [2.45, 2.75) is 6.61 Å². The van der Waals surface area contributed by atoms with E-state index in [1.807, 2.05) is 42.5 Å². The highest BCUT2D eigenvalue weighted by molar-refractivity contribution is 7.15. The number of hydrogen-bond donors (Lipinski definition) is 1. The van der Waals surface area contributed by atoms with Crippen molar-refractivity contribution >= 4 is 33.1 Å². The number of benzene rings is 3. The molecule has 6 nitrogen and oxygen atoms in total. The number of rotatable bonds is 6. The van der Waals surface area contributed by atoms with Gasteiger partial charge in [0, 0.05) is 10.9 Å². The molecule has 1 amide bonds. The van der Waals surface area contributed by atoms with Crippen LogP contribution in [0, 0.1) is 0 Å². The standard InChI is InChI=1S/C21H17N3O3S/c1-26-16-11-9-15(10-12-16)20(25)22-21-24-23-19(28-21)13-27-18-8-4-6-14-5-2-3-7-17(14)18/h2-12H,13H2,1H3,(H,22,24,25). The largest absolute Gasteiger partial charge is 0.497 e. The van der Waals surface area contributed by atoms with E-state index < -0.39 is 0 Å². The van der Waals surface area contributed by atoms with Gasteiger partial charge in [-0.3, -0.25) is 10.1 Å². The maximum Gasteiger partial charge on any atom is 0.257 e. The van der Waals surface area contributed by atoms with E-state index in [0.29, 0.717) is 21.5 Å². The first kappa shape index (κ1) is 17.9. The fraction of sp³-hybridized carbons (Fsp3) is 0.0952. The van der Waals surface area contributed by atoms with Crippen molar-refractivity contribution in [3.05, 3.63) is 77.3 Å². The number of hydrogen-bond acceptors (Lipinski definition) is 6. The van der Waals surface area contributed by atoms with Gasteiger partial charge in [0.15, 0.2) is 5.01 Å². The zero-order valence-electron chi connectivity index (χ0n) is 15.1. The fourth-order valence-electron chi connectivity index (χ4n) is 2.74. The number of methoxy groups -OCH3 is 1. The molecule has 0 fully saturated rings. The second-order valence-electron chi connectivity index (χ2n) is 5.95. The Kier molecular flexibility index (Phi) is 5.16. The molecule has 0 spiro atoms. The Morgan fingerprint density at radius 3 is 2.61 bits per heavy atom. The molecule has 4 aromatic rings. The monoisotopic (exact) mass is 391 g/mol. The quantitative estimate of drug-likeness (QED) is 0.523. The summed E-state index contributed by atoms with van der Waals surface area (Å²) in [5, 5.41) is 14.1. The molecule has 1 aromatic heterocycles. The lowest BCUT2D eigenvalue weighted by Gasteiger charge is -2.07. The molecule has 0 aliphatic rings. The van der Waals surface area contributed by atoms with Crippen LogP contribution in [-0.2, 0) is 6.61 Å². The van der Waals surface area contributed by atoms with Gasteiger partial charge in [-0.1, -0.05) is 47.7 Å². The molecule has 140 valence electrons. The highest BCUT2D eigenvalue weighted by Gasteiger charge is 2.11. The summed E-state index contributed by atoms with van der Waals surface area (Å²) in [6.45, 7) is 0.282. The van der Waals surface area contributed by atoms with Gasteiger partial charge in [-0.15, -0.1) is 10.2 Å². The number of aromatic nitrogens is 2. The van der Waals surface area contributed by atoms with Crippen molar-refractivity contribution < 1.29 is 14.3 Å². The maximum absolute atomic E-state index is 12.3. The predicted octanol–water partition coefficient (Wildman–Crippen LogP) is 4.53. The van der Waals surface area contributed by atoms with Crippen molar-refractivity contribution in [2.75, 3.05) is 12.4 Å². The van der Waals surface area contributed by atoms with E-state index in [-0.39, 0.29) is 12.5 Å². The second-order valence-corrected chi connectivity index (χ2v) is 7.01. The molecule has 0 aliphatic heterocycles. The van der Waals surface area contributed by atoms with Crippen LogP contribution in [0.1, 0.15) is 15.4 Å². The summed E-state index contributed by atoms with van der Waals surface area (Å²) in [6, 6.07) is 20.8. The fourth-order valence-corrected chi connectivity index (χ4v) is 3.38. The molecule has 7 heteroatoms. The van der Waals surface area contributed by atoms with E-state index in [1.54, 1.807) is 31.4 Å². The van der Waals surface area contributed by atoms with Crippen molar-refractivity contribution in [1.82, 2.24) is 10.2 Å². The Bertz CT molecular complexity index is 1100. The van der Waals surface area contributed by atoms with E-state index >= 15 is 0 Å². The molecular formula is C21H17N3O3S. The predicted molar refractivity (Wildman–Crippen MR) is 109 cm³/mol. The molecule has 4 rings (SSSR count). The zero-order chi connectivity index (χ0) is 19.3. The normalized spacial score (nSPS) is 10.6. The third-order valence-electron chi connectivity index (χ3n) is 4.14. The van der Waals surface area contributed by atoms with Gasteiger partial charge >= 0.3 is 0 Å². The molecule has 0 saturated heterocycles. The van der Waals surface area contributed by atoms with Gasteiger partial charge in [-0.25, -0.2) is 0 Å². The number of carbonyl (C=O) groups is 1. The Morgan fingerprint density at radius 2 is 1.79 bits per heavy atom. The third kappa shape index (κ3) is 3.94. The van der Waals surface area contributed by atoms with Crippen LogP contribution in [0.25, 0.3) is 10.8 Å². The van der Waals surface area contributed by atoms with Crippen LogP contribution >= 0.6 is 11.3 Å². The van der Waals surface area contributed by atoms with Crippen LogP contribution in [0.15, 0.2) is 66.7 Å². The summed E-state index contributed by atoms with van der Waals surface area (Å²) in [5.74, 6) is 1.23. The summed E-state index contributed by atoms with van der Waals surface area (Å²) >= 11 is 1.28. The Labute approximate surface area is 165 Å². The minimum atomic E-state index is -0.250. The lowest BCUT2D eigenvalue weighted by molar-refractivity contribution is 0.102. The highest BCUT2D eigenvalue weighted by atomic mass is 32.1. The van der Waals surface area contributed by atoms with E-state index in [4.69, 9.17) is 9.47 Å². The van der Waals surface area contributed by atoms with Gasteiger partial charge in [0.2, 0.25) is 5.13 Å². The number of anilines is 1.